The van der Waals surface area contributed by atoms with Crippen molar-refractivity contribution in [3.05, 3.63) is 29.3 Å². The average molecular weight is 210 g/mol. The van der Waals surface area contributed by atoms with E-state index in [2.05, 4.69) is 18.2 Å². The predicted octanol–water partition coefficient (Wildman–Crippen LogP) is 2.28. The molecule has 0 saturated carbocycles. The molecule has 1 aromatic carbocycles. The smallest absolute Gasteiger partial charge is 0 e. The van der Waals surface area contributed by atoms with E-state index in [1.807, 2.05) is 0 Å². The number of rotatable bonds is 0. The molecule has 0 fully saturated rings. The molecule has 0 N–H and O–H groups in total. The Morgan fingerprint density at radius 2 is 2.00 bits per heavy atom. The van der Waals surface area contributed by atoms with Crippen molar-refractivity contribution in [3.8, 4) is 0 Å². The summed E-state index contributed by atoms with van der Waals surface area (Å²) in [6, 6.07) is 6.69. The van der Waals surface area contributed by atoms with Crippen LogP contribution in [0.1, 0.15) is 24.0 Å². The molecule has 1 aliphatic rings. The van der Waals surface area contributed by atoms with Gasteiger partial charge in [0.25, 0.3) is 0 Å². The first-order chi connectivity index (χ1) is 4.47. The Hall–Kier alpha value is 0.233. The molecule has 0 amide bonds. The maximum atomic E-state index is 2.26. The summed E-state index contributed by atoms with van der Waals surface area (Å²) < 4.78 is 0. The minimum atomic E-state index is 0. The summed E-state index contributed by atoms with van der Waals surface area (Å²) in [5, 5.41) is 0. The fraction of sp³-hybridized carbons (Fsp3) is 0.444. The van der Waals surface area contributed by atoms with E-state index in [1.54, 1.807) is 11.1 Å². The minimum Gasteiger partial charge on any atom is -0.210 e. The van der Waals surface area contributed by atoms with Gasteiger partial charge in [-0.25, -0.2) is 6.07 Å². The van der Waals surface area contributed by atoms with Crippen LogP contribution in [-0.2, 0) is 39.0 Å². The van der Waals surface area contributed by atoms with Crippen LogP contribution < -0.4 is 0 Å². The standard InChI is InChI=1S/C9H11.Zr/c1-2-5-9-7-3-6-8(9)4-1;/h3,6-7H,1-2,4-5H2;/q-1;. The number of fused-ring (bicyclic) bond motifs is 1. The van der Waals surface area contributed by atoms with Crippen LogP contribution in [0.4, 0.5) is 0 Å². The van der Waals surface area contributed by atoms with Crippen molar-refractivity contribution < 1.29 is 26.2 Å². The van der Waals surface area contributed by atoms with Crippen molar-refractivity contribution in [2.45, 2.75) is 25.7 Å². The first-order valence-electron chi connectivity index (χ1n) is 3.70. The van der Waals surface area contributed by atoms with Gasteiger partial charge < -0.3 is 0 Å². The topological polar surface area (TPSA) is 0 Å². The van der Waals surface area contributed by atoms with E-state index in [0.29, 0.717) is 0 Å². The van der Waals surface area contributed by atoms with Gasteiger partial charge in [-0.15, -0.1) is 0 Å². The van der Waals surface area contributed by atoms with Crippen LogP contribution >= 0.6 is 0 Å². The number of hydrogen-bond donors (Lipinski definition) is 0. The Labute approximate surface area is 81.1 Å². The van der Waals surface area contributed by atoms with Gasteiger partial charge in [0.05, 0.1) is 0 Å². The van der Waals surface area contributed by atoms with Gasteiger partial charge in [-0.05, 0) is 0 Å². The molecule has 1 heteroatoms. The Balaban J connectivity index is 0.000000500. The number of hydrogen-bond acceptors (Lipinski definition) is 0. The average Bonchev–Trinajstić information content (AvgIpc) is 2.33. The number of aryl methyl sites for hydroxylation is 2. The zero-order valence-corrected chi connectivity index (χ0v) is 8.52. The molecule has 52 valence electrons. The molecule has 2 rings (SSSR count). The summed E-state index contributed by atoms with van der Waals surface area (Å²) in [6.45, 7) is 0. The molecule has 0 unspecified atom stereocenters. The predicted molar refractivity (Wildman–Crippen MR) is 38.7 cm³/mol. The van der Waals surface area contributed by atoms with Gasteiger partial charge in [0.2, 0.25) is 0 Å². The van der Waals surface area contributed by atoms with Crippen LogP contribution in [0.3, 0.4) is 0 Å². The minimum absolute atomic E-state index is 0. The molecule has 0 heterocycles. The fourth-order valence-corrected chi connectivity index (χ4v) is 1.61. The largest absolute Gasteiger partial charge is 0.210 e. The molecule has 1 aliphatic carbocycles. The third-order valence-electron chi connectivity index (χ3n) is 2.15. The fourth-order valence-electron chi connectivity index (χ4n) is 1.61. The van der Waals surface area contributed by atoms with Gasteiger partial charge in [0, 0.05) is 26.2 Å². The molecule has 0 radical (unpaired) electrons. The Kier molecular flexibility index (Phi) is 2.98. The van der Waals surface area contributed by atoms with Crippen molar-refractivity contribution >= 4 is 0 Å². The third kappa shape index (κ3) is 1.45. The summed E-state index contributed by atoms with van der Waals surface area (Å²) in [5.41, 5.74) is 3.20. The second-order valence-corrected chi connectivity index (χ2v) is 2.78. The molecular weight excluding hydrogens is 199 g/mol. The first kappa shape index (κ1) is 8.33. The molecule has 1 aromatic rings. The zero-order valence-electron chi connectivity index (χ0n) is 6.06. The van der Waals surface area contributed by atoms with Crippen molar-refractivity contribution in [2.75, 3.05) is 0 Å². The van der Waals surface area contributed by atoms with Crippen molar-refractivity contribution in [1.82, 2.24) is 0 Å². The normalized spacial score (nSPS) is 15.6. The van der Waals surface area contributed by atoms with E-state index >= 15 is 0 Å². The van der Waals surface area contributed by atoms with Crippen LogP contribution in [-0.4, -0.2) is 0 Å². The molecule has 0 spiro atoms. The summed E-state index contributed by atoms with van der Waals surface area (Å²) in [6.07, 6.45) is 5.44. The second-order valence-electron chi connectivity index (χ2n) is 2.78. The van der Waals surface area contributed by atoms with Crippen LogP contribution in [0.2, 0.25) is 0 Å². The van der Waals surface area contributed by atoms with E-state index in [-0.39, 0.29) is 26.2 Å². The van der Waals surface area contributed by atoms with Gasteiger partial charge in [-0.1, -0.05) is 25.7 Å². The van der Waals surface area contributed by atoms with Crippen LogP contribution in [0, 0.1) is 0 Å². The quantitative estimate of drug-likeness (QED) is 0.576. The molecule has 0 atom stereocenters. The van der Waals surface area contributed by atoms with Crippen molar-refractivity contribution in [1.29, 1.82) is 0 Å². The van der Waals surface area contributed by atoms with Gasteiger partial charge in [0.1, 0.15) is 0 Å². The SMILES string of the molecule is [Zr].c1cc2c([cH-]1)CCCC2. The molecule has 0 aliphatic heterocycles. The van der Waals surface area contributed by atoms with Gasteiger partial charge in [-0.3, -0.25) is 0 Å². The van der Waals surface area contributed by atoms with E-state index < -0.39 is 0 Å². The van der Waals surface area contributed by atoms with Crippen LogP contribution in [0.25, 0.3) is 0 Å². The molecule has 0 saturated heterocycles. The van der Waals surface area contributed by atoms with Gasteiger partial charge >= 0.3 is 0 Å². The van der Waals surface area contributed by atoms with Gasteiger partial charge in [-0.2, -0.15) is 23.3 Å². The Morgan fingerprint density at radius 1 is 1.20 bits per heavy atom. The second kappa shape index (κ2) is 3.57. The molecule has 0 bridgehead atoms. The van der Waals surface area contributed by atoms with E-state index in [9.17, 15) is 0 Å². The monoisotopic (exact) mass is 209 g/mol. The molecule has 10 heavy (non-hydrogen) atoms. The Bertz CT molecular complexity index is 180. The summed E-state index contributed by atoms with van der Waals surface area (Å²) in [7, 11) is 0. The maximum absolute atomic E-state index is 2.26. The van der Waals surface area contributed by atoms with E-state index in [4.69, 9.17) is 0 Å². The summed E-state index contributed by atoms with van der Waals surface area (Å²) in [5.74, 6) is 0. The van der Waals surface area contributed by atoms with Crippen molar-refractivity contribution in [3.63, 3.8) is 0 Å². The molecule has 0 aromatic heterocycles. The Morgan fingerprint density at radius 3 is 2.80 bits per heavy atom. The summed E-state index contributed by atoms with van der Waals surface area (Å²) in [4.78, 5) is 0. The van der Waals surface area contributed by atoms with E-state index in [0.717, 1.165) is 0 Å². The summed E-state index contributed by atoms with van der Waals surface area (Å²) >= 11 is 0. The zero-order chi connectivity index (χ0) is 6.10. The molecule has 0 nitrogen and oxygen atoms in total. The van der Waals surface area contributed by atoms with E-state index in [1.165, 1.54) is 25.7 Å². The molecular formula is C9H11Zr-. The van der Waals surface area contributed by atoms with Crippen LogP contribution in [0.5, 0.6) is 0 Å². The van der Waals surface area contributed by atoms with Crippen molar-refractivity contribution in [2.24, 2.45) is 0 Å². The first-order valence-corrected chi connectivity index (χ1v) is 3.70. The van der Waals surface area contributed by atoms with Crippen LogP contribution in [0.15, 0.2) is 18.2 Å². The third-order valence-corrected chi connectivity index (χ3v) is 2.15. The maximum Gasteiger partial charge on any atom is 0 e. The van der Waals surface area contributed by atoms with Gasteiger partial charge in [0.15, 0.2) is 0 Å².